The van der Waals surface area contributed by atoms with Crippen LogP contribution in [-0.4, -0.2) is 19.3 Å². The van der Waals surface area contributed by atoms with Crippen molar-refractivity contribution in [1.82, 2.24) is 19.3 Å². The number of aromatic amines is 1. The normalized spacial score (nSPS) is 11.3. The average molecular weight is 290 g/mol. The van der Waals surface area contributed by atoms with E-state index in [-0.39, 0.29) is 5.82 Å². The van der Waals surface area contributed by atoms with Crippen molar-refractivity contribution in [2.45, 2.75) is 19.9 Å². The lowest BCUT2D eigenvalue weighted by Gasteiger charge is -2.06. The van der Waals surface area contributed by atoms with Crippen LogP contribution in [0.15, 0.2) is 24.4 Å². The van der Waals surface area contributed by atoms with Gasteiger partial charge in [-0.1, -0.05) is 0 Å². The molecule has 0 amide bonds. The molecule has 4 nitrogen and oxygen atoms in total. The van der Waals surface area contributed by atoms with Crippen LogP contribution in [0.25, 0.3) is 11.0 Å². The van der Waals surface area contributed by atoms with Gasteiger partial charge in [-0.2, -0.15) is 5.10 Å². The van der Waals surface area contributed by atoms with Crippen LogP contribution >= 0.6 is 12.2 Å². The summed E-state index contributed by atoms with van der Waals surface area (Å²) in [6.07, 6.45) is 2.61. The summed E-state index contributed by atoms with van der Waals surface area (Å²) >= 11 is 5.33. The van der Waals surface area contributed by atoms with Gasteiger partial charge >= 0.3 is 0 Å². The average Bonchev–Trinajstić information content (AvgIpc) is 2.92. The Kier molecular flexibility index (Phi) is 3.17. The molecule has 0 spiro atoms. The smallest absolute Gasteiger partial charge is 0.178 e. The van der Waals surface area contributed by atoms with Crippen LogP contribution in [-0.2, 0) is 20.0 Å². The Morgan fingerprint density at radius 2 is 2.20 bits per heavy atom. The van der Waals surface area contributed by atoms with Crippen LogP contribution in [0.2, 0.25) is 0 Å². The van der Waals surface area contributed by atoms with E-state index < -0.39 is 0 Å². The number of fused-ring (bicyclic) bond motifs is 1. The topological polar surface area (TPSA) is 38.5 Å². The highest BCUT2D eigenvalue weighted by Gasteiger charge is 2.09. The summed E-state index contributed by atoms with van der Waals surface area (Å²) in [6.45, 7) is 2.50. The number of halogens is 1. The zero-order valence-electron chi connectivity index (χ0n) is 11.4. The maximum Gasteiger partial charge on any atom is 0.178 e. The molecule has 0 unspecified atom stereocenters. The first kappa shape index (κ1) is 13.1. The van der Waals surface area contributed by atoms with Crippen molar-refractivity contribution >= 4 is 23.3 Å². The standard InChI is InChI=1S/C14H15FN4S/c1-9-7-13-12(8-11(9)15)17-14(20)19(13)6-4-10-3-5-16-18(10)2/h3,5,7-8H,4,6H2,1-2H3,(H,17,20). The second kappa shape index (κ2) is 4.86. The van der Waals surface area contributed by atoms with Gasteiger partial charge in [0.25, 0.3) is 0 Å². The Labute approximate surface area is 120 Å². The van der Waals surface area contributed by atoms with E-state index in [1.165, 1.54) is 6.07 Å². The molecule has 2 aromatic heterocycles. The molecule has 0 aliphatic rings. The van der Waals surface area contributed by atoms with Crippen LogP contribution in [0, 0.1) is 17.5 Å². The zero-order chi connectivity index (χ0) is 14.3. The molecule has 0 radical (unpaired) electrons. The van der Waals surface area contributed by atoms with Crippen molar-refractivity contribution in [2.75, 3.05) is 0 Å². The fourth-order valence-corrected chi connectivity index (χ4v) is 2.68. The zero-order valence-corrected chi connectivity index (χ0v) is 12.2. The number of H-pyrrole nitrogens is 1. The molecule has 3 aromatic rings. The number of aromatic nitrogens is 4. The molecule has 0 bridgehead atoms. The van der Waals surface area contributed by atoms with Gasteiger partial charge in [-0.3, -0.25) is 4.68 Å². The Balaban J connectivity index is 1.99. The third-order valence-corrected chi connectivity index (χ3v) is 3.89. The minimum absolute atomic E-state index is 0.215. The van der Waals surface area contributed by atoms with E-state index in [4.69, 9.17) is 12.2 Å². The Morgan fingerprint density at radius 1 is 1.40 bits per heavy atom. The highest BCUT2D eigenvalue weighted by atomic mass is 32.1. The van der Waals surface area contributed by atoms with Crippen molar-refractivity contribution < 1.29 is 4.39 Å². The van der Waals surface area contributed by atoms with E-state index in [1.54, 1.807) is 13.1 Å². The Bertz CT molecular complexity index is 827. The van der Waals surface area contributed by atoms with Crippen LogP contribution in [0.4, 0.5) is 4.39 Å². The molecular weight excluding hydrogens is 275 g/mol. The molecular formula is C14H15FN4S. The maximum atomic E-state index is 13.6. The fourth-order valence-electron chi connectivity index (χ4n) is 2.38. The molecule has 0 saturated heterocycles. The third kappa shape index (κ3) is 2.16. The van der Waals surface area contributed by atoms with Crippen LogP contribution in [0.5, 0.6) is 0 Å². The quantitative estimate of drug-likeness (QED) is 0.753. The molecule has 0 aliphatic heterocycles. The number of aryl methyl sites for hydroxylation is 4. The number of hydrogen-bond donors (Lipinski definition) is 1. The molecule has 6 heteroatoms. The molecule has 2 heterocycles. The summed E-state index contributed by atoms with van der Waals surface area (Å²) in [5, 5.41) is 4.15. The van der Waals surface area contributed by atoms with Crippen LogP contribution in [0.3, 0.4) is 0 Å². The Morgan fingerprint density at radius 3 is 2.90 bits per heavy atom. The van der Waals surface area contributed by atoms with Crippen LogP contribution in [0.1, 0.15) is 11.3 Å². The van der Waals surface area contributed by atoms with Crippen molar-refractivity contribution in [3.05, 3.63) is 46.2 Å². The van der Waals surface area contributed by atoms with E-state index in [9.17, 15) is 4.39 Å². The molecule has 104 valence electrons. The SMILES string of the molecule is Cc1cc2c(cc1F)[nH]c(=S)n2CCc1ccnn1C. The number of hydrogen-bond acceptors (Lipinski definition) is 2. The largest absolute Gasteiger partial charge is 0.330 e. The molecule has 0 aliphatic carbocycles. The summed E-state index contributed by atoms with van der Waals surface area (Å²) in [6, 6.07) is 5.32. The van der Waals surface area contributed by atoms with E-state index in [2.05, 4.69) is 10.1 Å². The van der Waals surface area contributed by atoms with Gasteiger partial charge in [-0.15, -0.1) is 0 Å². The van der Waals surface area contributed by atoms with Gasteiger partial charge in [0, 0.05) is 31.9 Å². The van der Waals surface area contributed by atoms with Crippen molar-refractivity contribution in [1.29, 1.82) is 0 Å². The molecule has 3 rings (SSSR count). The predicted octanol–water partition coefficient (Wildman–Crippen LogP) is 3.12. The summed E-state index contributed by atoms with van der Waals surface area (Å²) in [4.78, 5) is 3.06. The minimum Gasteiger partial charge on any atom is -0.330 e. The van der Waals surface area contributed by atoms with Gasteiger partial charge in [0.1, 0.15) is 5.82 Å². The maximum absolute atomic E-state index is 13.6. The molecule has 1 N–H and O–H groups in total. The van der Waals surface area contributed by atoms with E-state index in [0.29, 0.717) is 10.3 Å². The first-order chi connectivity index (χ1) is 9.56. The fraction of sp³-hybridized carbons (Fsp3) is 0.286. The number of nitrogens with one attached hydrogen (secondary N) is 1. The van der Waals surface area contributed by atoms with E-state index in [0.717, 1.165) is 29.7 Å². The highest BCUT2D eigenvalue weighted by Crippen LogP contribution is 2.19. The second-order valence-electron chi connectivity index (χ2n) is 4.90. The van der Waals surface area contributed by atoms with Gasteiger partial charge in [0.15, 0.2) is 4.77 Å². The van der Waals surface area contributed by atoms with Gasteiger partial charge in [-0.25, -0.2) is 4.39 Å². The van der Waals surface area contributed by atoms with E-state index >= 15 is 0 Å². The molecule has 0 saturated carbocycles. The number of benzene rings is 1. The molecule has 0 atom stereocenters. The van der Waals surface area contributed by atoms with E-state index in [1.807, 2.05) is 28.4 Å². The summed E-state index contributed by atoms with van der Waals surface area (Å²) < 4.78 is 18.0. The molecule has 0 fully saturated rings. The van der Waals surface area contributed by atoms with Crippen molar-refractivity contribution in [3.8, 4) is 0 Å². The van der Waals surface area contributed by atoms with Gasteiger partial charge in [0.05, 0.1) is 11.0 Å². The molecule has 20 heavy (non-hydrogen) atoms. The first-order valence-electron chi connectivity index (χ1n) is 6.42. The number of nitrogens with zero attached hydrogens (tertiary/aromatic N) is 3. The Hall–Kier alpha value is -1.95. The lowest BCUT2D eigenvalue weighted by atomic mass is 10.2. The first-order valence-corrected chi connectivity index (χ1v) is 6.82. The predicted molar refractivity (Wildman–Crippen MR) is 78.7 cm³/mol. The van der Waals surface area contributed by atoms with Crippen molar-refractivity contribution in [3.63, 3.8) is 0 Å². The summed E-state index contributed by atoms with van der Waals surface area (Å²) in [7, 11) is 1.92. The van der Waals surface area contributed by atoms with Crippen molar-refractivity contribution in [2.24, 2.45) is 7.05 Å². The summed E-state index contributed by atoms with van der Waals surface area (Å²) in [5.74, 6) is -0.215. The highest BCUT2D eigenvalue weighted by molar-refractivity contribution is 7.71. The summed E-state index contributed by atoms with van der Waals surface area (Å²) in [5.41, 5.74) is 3.44. The lowest BCUT2D eigenvalue weighted by molar-refractivity contribution is 0.619. The van der Waals surface area contributed by atoms with Crippen LogP contribution < -0.4 is 0 Å². The van der Waals surface area contributed by atoms with Gasteiger partial charge in [0.2, 0.25) is 0 Å². The monoisotopic (exact) mass is 290 g/mol. The number of imidazole rings is 1. The minimum atomic E-state index is -0.215. The lowest BCUT2D eigenvalue weighted by Crippen LogP contribution is -2.05. The molecule has 1 aromatic carbocycles. The second-order valence-corrected chi connectivity index (χ2v) is 5.28. The van der Waals surface area contributed by atoms with Gasteiger partial charge in [-0.05, 0) is 42.9 Å². The third-order valence-electron chi connectivity index (χ3n) is 3.57. The van der Waals surface area contributed by atoms with Gasteiger partial charge < -0.3 is 9.55 Å². The number of rotatable bonds is 3.